The lowest BCUT2D eigenvalue weighted by Gasteiger charge is -2.18. The van der Waals surface area contributed by atoms with Gasteiger partial charge in [-0.3, -0.25) is 0 Å². The molecule has 3 nitrogen and oxygen atoms in total. The van der Waals surface area contributed by atoms with Crippen molar-refractivity contribution in [2.24, 2.45) is 0 Å². The fraction of sp³-hybridized carbons (Fsp3) is 0.500. The van der Waals surface area contributed by atoms with Gasteiger partial charge in [-0.1, -0.05) is 0 Å². The van der Waals surface area contributed by atoms with Crippen molar-refractivity contribution >= 4 is 5.69 Å². The molecule has 17 heavy (non-hydrogen) atoms. The highest BCUT2D eigenvalue weighted by Crippen LogP contribution is 2.29. The van der Waals surface area contributed by atoms with E-state index in [0.29, 0.717) is 0 Å². The first kappa shape index (κ1) is 12.1. The molecule has 0 saturated carbocycles. The highest BCUT2D eigenvalue weighted by molar-refractivity contribution is 5.53. The van der Waals surface area contributed by atoms with Crippen LogP contribution in [0.4, 0.5) is 14.5 Å². The van der Waals surface area contributed by atoms with Gasteiger partial charge >= 0.3 is 0 Å². The number of rotatable bonds is 2. The molecular weight excluding hydrogens is 226 g/mol. The Bertz CT molecular complexity index is 390. The number of benzene rings is 1. The smallest absolute Gasteiger partial charge is 0.202 e. The van der Waals surface area contributed by atoms with E-state index in [1.54, 1.807) is 0 Å². The van der Waals surface area contributed by atoms with E-state index in [1.807, 2.05) is 0 Å². The second-order valence-electron chi connectivity index (χ2n) is 4.20. The molecule has 0 spiro atoms. The average molecular weight is 242 g/mol. The van der Waals surface area contributed by atoms with Crippen molar-refractivity contribution in [2.75, 3.05) is 18.8 Å². The number of nitrogen functional groups attached to an aromatic ring is 1. The molecule has 3 N–H and O–H groups in total. The van der Waals surface area contributed by atoms with Crippen molar-refractivity contribution in [3.8, 4) is 5.75 Å². The third kappa shape index (κ3) is 2.85. The van der Waals surface area contributed by atoms with Gasteiger partial charge in [-0.2, -0.15) is 4.39 Å². The standard InChI is InChI=1S/C12H16F2N2O/c13-9-3-4-10(15)12(11(9)14)17-8-2-1-6-16-7-5-8/h3-4,8,16H,1-2,5-7,15H2. The monoisotopic (exact) mass is 242 g/mol. The Hall–Kier alpha value is -1.36. The predicted molar refractivity (Wildman–Crippen MR) is 61.9 cm³/mol. The zero-order valence-electron chi connectivity index (χ0n) is 9.51. The molecule has 1 aromatic carbocycles. The van der Waals surface area contributed by atoms with Gasteiger partial charge in [-0.25, -0.2) is 4.39 Å². The van der Waals surface area contributed by atoms with Crippen molar-refractivity contribution < 1.29 is 13.5 Å². The summed E-state index contributed by atoms with van der Waals surface area (Å²) in [5, 5.41) is 3.22. The number of ether oxygens (including phenoxy) is 1. The van der Waals surface area contributed by atoms with Crippen LogP contribution in [-0.2, 0) is 0 Å². The molecule has 1 fully saturated rings. The molecule has 0 aromatic heterocycles. The van der Waals surface area contributed by atoms with Gasteiger partial charge in [0.05, 0.1) is 5.69 Å². The average Bonchev–Trinajstić information content (AvgIpc) is 2.58. The summed E-state index contributed by atoms with van der Waals surface area (Å²) < 4.78 is 32.1. The Morgan fingerprint density at radius 2 is 2.06 bits per heavy atom. The zero-order valence-corrected chi connectivity index (χ0v) is 9.51. The van der Waals surface area contributed by atoms with Crippen LogP contribution < -0.4 is 15.8 Å². The van der Waals surface area contributed by atoms with E-state index >= 15 is 0 Å². The summed E-state index contributed by atoms with van der Waals surface area (Å²) >= 11 is 0. The van der Waals surface area contributed by atoms with Crippen LogP contribution in [0, 0.1) is 11.6 Å². The quantitative estimate of drug-likeness (QED) is 0.780. The molecule has 1 heterocycles. The van der Waals surface area contributed by atoms with E-state index in [-0.39, 0.29) is 17.5 Å². The summed E-state index contributed by atoms with van der Waals surface area (Å²) in [7, 11) is 0. The van der Waals surface area contributed by atoms with Crippen LogP contribution in [0.15, 0.2) is 12.1 Å². The Kier molecular flexibility index (Phi) is 3.78. The molecule has 1 unspecified atom stereocenters. The van der Waals surface area contributed by atoms with Crippen LogP contribution in [-0.4, -0.2) is 19.2 Å². The second kappa shape index (κ2) is 5.31. The molecule has 1 aliphatic rings. The van der Waals surface area contributed by atoms with E-state index in [1.165, 1.54) is 6.07 Å². The third-order valence-corrected chi connectivity index (χ3v) is 2.89. The molecule has 2 rings (SSSR count). The molecule has 0 aliphatic carbocycles. The lowest BCUT2D eigenvalue weighted by Crippen LogP contribution is -2.20. The maximum absolute atomic E-state index is 13.5. The highest BCUT2D eigenvalue weighted by atomic mass is 19.2. The van der Waals surface area contributed by atoms with Crippen LogP contribution in [0.5, 0.6) is 5.75 Å². The maximum Gasteiger partial charge on any atom is 0.202 e. The number of nitrogens with two attached hydrogens (primary N) is 1. The summed E-state index contributed by atoms with van der Waals surface area (Å²) in [6.45, 7) is 1.75. The third-order valence-electron chi connectivity index (χ3n) is 2.89. The van der Waals surface area contributed by atoms with Crippen molar-refractivity contribution in [3.63, 3.8) is 0 Å². The first-order valence-electron chi connectivity index (χ1n) is 5.79. The van der Waals surface area contributed by atoms with Gasteiger partial charge < -0.3 is 15.8 Å². The molecule has 5 heteroatoms. The van der Waals surface area contributed by atoms with E-state index in [0.717, 1.165) is 38.4 Å². The van der Waals surface area contributed by atoms with Crippen LogP contribution in [0.1, 0.15) is 19.3 Å². The predicted octanol–water partition coefficient (Wildman–Crippen LogP) is 2.07. The van der Waals surface area contributed by atoms with Gasteiger partial charge in [-0.05, 0) is 44.5 Å². The molecular formula is C12H16F2N2O. The molecule has 1 aliphatic heterocycles. The Balaban J connectivity index is 2.14. The van der Waals surface area contributed by atoms with Gasteiger partial charge in [0.2, 0.25) is 5.82 Å². The van der Waals surface area contributed by atoms with Gasteiger partial charge in [0.1, 0.15) is 6.10 Å². The van der Waals surface area contributed by atoms with Crippen LogP contribution in [0.2, 0.25) is 0 Å². The van der Waals surface area contributed by atoms with Crippen LogP contribution in [0.3, 0.4) is 0 Å². The minimum Gasteiger partial charge on any atom is -0.485 e. The van der Waals surface area contributed by atoms with Crippen molar-refractivity contribution in [2.45, 2.75) is 25.4 Å². The van der Waals surface area contributed by atoms with Crippen molar-refractivity contribution in [1.29, 1.82) is 0 Å². The second-order valence-corrected chi connectivity index (χ2v) is 4.20. The number of nitrogens with one attached hydrogen (secondary N) is 1. The molecule has 0 amide bonds. The SMILES string of the molecule is Nc1ccc(F)c(F)c1OC1CCCNCC1. The van der Waals surface area contributed by atoms with Gasteiger partial charge in [0.15, 0.2) is 11.6 Å². The molecule has 0 bridgehead atoms. The summed E-state index contributed by atoms with van der Waals surface area (Å²) in [5.41, 5.74) is 5.74. The lowest BCUT2D eigenvalue weighted by molar-refractivity contribution is 0.179. The highest BCUT2D eigenvalue weighted by Gasteiger charge is 2.19. The number of hydrogen-bond acceptors (Lipinski definition) is 3. The molecule has 1 atom stereocenters. The van der Waals surface area contributed by atoms with E-state index in [4.69, 9.17) is 10.5 Å². The minimum absolute atomic E-state index is 0.108. The van der Waals surface area contributed by atoms with Gasteiger partial charge in [0, 0.05) is 0 Å². The fourth-order valence-corrected chi connectivity index (χ4v) is 1.94. The molecule has 1 aromatic rings. The van der Waals surface area contributed by atoms with E-state index < -0.39 is 11.6 Å². The fourth-order valence-electron chi connectivity index (χ4n) is 1.94. The lowest BCUT2D eigenvalue weighted by atomic mass is 10.1. The number of anilines is 1. The van der Waals surface area contributed by atoms with Gasteiger partial charge in [0.25, 0.3) is 0 Å². The van der Waals surface area contributed by atoms with E-state index in [2.05, 4.69) is 5.32 Å². The van der Waals surface area contributed by atoms with Crippen LogP contribution >= 0.6 is 0 Å². The Labute approximate surface area is 98.9 Å². The van der Waals surface area contributed by atoms with Gasteiger partial charge in [-0.15, -0.1) is 0 Å². The number of hydrogen-bond donors (Lipinski definition) is 2. The maximum atomic E-state index is 13.5. The van der Waals surface area contributed by atoms with Crippen LogP contribution in [0.25, 0.3) is 0 Å². The molecule has 0 radical (unpaired) electrons. The summed E-state index contributed by atoms with van der Waals surface area (Å²) in [4.78, 5) is 0. The Morgan fingerprint density at radius 3 is 2.88 bits per heavy atom. The zero-order chi connectivity index (χ0) is 12.3. The molecule has 1 saturated heterocycles. The first-order valence-corrected chi connectivity index (χ1v) is 5.79. The Morgan fingerprint density at radius 1 is 1.24 bits per heavy atom. The topological polar surface area (TPSA) is 47.3 Å². The molecule has 94 valence electrons. The van der Waals surface area contributed by atoms with E-state index in [9.17, 15) is 8.78 Å². The summed E-state index contributed by atoms with van der Waals surface area (Å²) in [6, 6.07) is 2.33. The normalized spacial score (nSPS) is 20.9. The largest absolute Gasteiger partial charge is 0.485 e. The van der Waals surface area contributed by atoms with Crippen molar-refractivity contribution in [1.82, 2.24) is 5.32 Å². The number of halogens is 2. The summed E-state index contributed by atoms with van der Waals surface area (Å²) in [6.07, 6.45) is 2.45. The van der Waals surface area contributed by atoms with Crippen molar-refractivity contribution in [3.05, 3.63) is 23.8 Å². The summed E-state index contributed by atoms with van der Waals surface area (Å²) in [5.74, 6) is -2.08. The minimum atomic E-state index is -0.998. The first-order chi connectivity index (χ1) is 8.18.